The Balaban J connectivity index is 1.66. The molecule has 3 fully saturated rings. The molecule has 3 unspecified atom stereocenters. The molecule has 3 atom stereocenters. The van der Waals surface area contributed by atoms with E-state index in [0.29, 0.717) is 12.1 Å². The van der Waals surface area contributed by atoms with Gasteiger partial charge in [0, 0.05) is 37.1 Å². The molecule has 0 saturated carbocycles. The lowest BCUT2D eigenvalue weighted by Gasteiger charge is -2.44. The van der Waals surface area contributed by atoms with Crippen molar-refractivity contribution in [1.29, 1.82) is 0 Å². The summed E-state index contributed by atoms with van der Waals surface area (Å²) in [6.45, 7) is 0.871. The highest BCUT2D eigenvalue weighted by atomic mass is 16.1. The number of amides is 1. The molecule has 4 heteroatoms. The first-order valence-corrected chi connectivity index (χ1v) is 6.99. The molecule has 3 heterocycles. The van der Waals surface area contributed by atoms with Gasteiger partial charge in [0.1, 0.15) is 0 Å². The zero-order valence-corrected chi connectivity index (χ0v) is 10.6. The maximum absolute atomic E-state index is 11.2. The van der Waals surface area contributed by atoms with E-state index in [0.717, 1.165) is 31.5 Å². The Labute approximate surface area is 103 Å². The Bertz CT molecular complexity index is 283. The monoisotopic (exact) mass is 237 g/mol. The van der Waals surface area contributed by atoms with Crippen molar-refractivity contribution in [3.8, 4) is 0 Å². The Morgan fingerprint density at radius 1 is 1.18 bits per heavy atom. The molecule has 96 valence electrons. The van der Waals surface area contributed by atoms with E-state index in [1.165, 1.54) is 25.7 Å². The Hall–Kier alpha value is -0.610. The minimum Gasteiger partial charge on any atom is -0.355 e. The molecule has 2 bridgehead atoms. The molecule has 0 aromatic rings. The second kappa shape index (κ2) is 4.58. The number of hydrogen-bond acceptors (Lipinski definition) is 3. The molecule has 3 rings (SSSR count). The molecule has 17 heavy (non-hydrogen) atoms. The standard InChI is InChI=1S/C13H23N3O/c1-14-9-6-10-2-3-11(7-9)16(10)12-4-5-13(17)15-8-12/h9-12,14H,2-8H2,1H3,(H,15,17). The topological polar surface area (TPSA) is 44.4 Å². The summed E-state index contributed by atoms with van der Waals surface area (Å²) < 4.78 is 0. The summed E-state index contributed by atoms with van der Waals surface area (Å²) in [6.07, 6.45) is 7.06. The third kappa shape index (κ3) is 2.08. The van der Waals surface area contributed by atoms with Gasteiger partial charge in [-0.2, -0.15) is 0 Å². The summed E-state index contributed by atoms with van der Waals surface area (Å²) in [4.78, 5) is 14.0. The van der Waals surface area contributed by atoms with Crippen LogP contribution in [-0.4, -0.2) is 48.6 Å². The highest BCUT2D eigenvalue weighted by Gasteiger charge is 2.43. The van der Waals surface area contributed by atoms with Crippen LogP contribution in [0.3, 0.4) is 0 Å². The van der Waals surface area contributed by atoms with Gasteiger partial charge in [0.05, 0.1) is 0 Å². The van der Waals surface area contributed by atoms with E-state index < -0.39 is 0 Å². The van der Waals surface area contributed by atoms with Crippen molar-refractivity contribution in [1.82, 2.24) is 15.5 Å². The van der Waals surface area contributed by atoms with E-state index in [9.17, 15) is 4.79 Å². The second-order valence-corrected chi connectivity index (χ2v) is 5.79. The fraction of sp³-hybridized carbons (Fsp3) is 0.923. The molecule has 0 aromatic heterocycles. The number of carbonyl (C=O) groups is 1. The number of carbonyl (C=O) groups excluding carboxylic acids is 1. The number of rotatable bonds is 2. The van der Waals surface area contributed by atoms with Gasteiger partial charge in [-0.15, -0.1) is 0 Å². The molecule has 0 aliphatic carbocycles. The zero-order valence-electron chi connectivity index (χ0n) is 10.6. The lowest BCUT2D eigenvalue weighted by atomic mass is 9.93. The molecule has 2 N–H and O–H groups in total. The summed E-state index contributed by atoms with van der Waals surface area (Å²) in [5, 5.41) is 6.47. The Morgan fingerprint density at radius 3 is 2.41 bits per heavy atom. The van der Waals surface area contributed by atoms with Gasteiger partial charge >= 0.3 is 0 Å². The molecule has 0 spiro atoms. The molecule has 3 aliphatic rings. The summed E-state index contributed by atoms with van der Waals surface area (Å²) in [6, 6.07) is 2.82. The van der Waals surface area contributed by atoms with E-state index in [1.807, 2.05) is 0 Å². The lowest BCUT2D eigenvalue weighted by Crippen LogP contribution is -2.57. The van der Waals surface area contributed by atoms with Gasteiger partial charge in [-0.25, -0.2) is 0 Å². The van der Waals surface area contributed by atoms with Gasteiger partial charge in [-0.05, 0) is 39.2 Å². The number of piperidine rings is 2. The predicted octanol–water partition coefficient (Wildman–Crippen LogP) is 0.480. The van der Waals surface area contributed by atoms with Gasteiger partial charge in [0.15, 0.2) is 0 Å². The van der Waals surface area contributed by atoms with Gasteiger partial charge in [-0.1, -0.05) is 0 Å². The molecule has 4 nitrogen and oxygen atoms in total. The van der Waals surface area contributed by atoms with Crippen molar-refractivity contribution in [3.05, 3.63) is 0 Å². The van der Waals surface area contributed by atoms with Gasteiger partial charge in [-0.3, -0.25) is 9.69 Å². The molecule has 0 radical (unpaired) electrons. The average molecular weight is 237 g/mol. The fourth-order valence-corrected chi connectivity index (χ4v) is 4.02. The molecule has 3 aliphatic heterocycles. The van der Waals surface area contributed by atoms with Crippen molar-refractivity contribution in [2.75, 3.05) is 13.6 Å². The minimum atomic E-state index is 0.235. The van der Waals surface area contributed by atoms with Crippen LogP contribution in [-0.2, 0) is 4.79 Å². The van der Waals surface area contributed by atoms with Crippen molar-refractivity contribution in [2.45, 2.75) is 62.7 Å². The summed E-state index contributed by atoms with van der Waals surface area (Å²) in [5.41, 5.74) is 0. The molecule has 1 amide bonds. The van der Waals surface area contributed by atoms with Gasteiger partial charge in [0.2, 0.25) is 5.91 Å². The normalized spacial score (nSPS) is 42.5. The van der Waals surface area contributed by atoms with Gasteiger partial charge < -0.3 is 10.6 Å². The molecular formula is C13H23N3O. The van der Waals surface area contributed by atoms with Crippen molar-refractivity contribution in [2.24, 2.45) is 0 Å². The summed E-state index contributed by atoms with van der Waals surface area (Å²) >= 11 is 0. The van der Waals surface area contributed by atoms with Crippen molar-refractivity contribution in [3.63, 3.8) is 0 Å². The van der Waals surface area contributed by atoms with Crippen LogP contribution in [0, 0.1) is 0 Å². The number of nitrogens with one attached hydrogen (secondary N) is 2. The van der Waals surface area contributed by atoms with E-state index in [-0.39, 0.29) is 5.91 Å². The molecule has 3 saturated heterocycles. The fourth-order valence-electron chi connectivity index (χ4n) is 4.02. The smallest absolute Gasteiger partial charge is 0.220 e. The van der Waals surface area contributed by atoms with Crippen molar-refractivity contribution >= 4 is 5.91 Å². The SMILES string of the molecule is CNC1CC2CCC(C1)N2C1CCC(=O)NC1. The van der Waals surface area contributed by atoms with Crippen LogP contribution in [0.25, 0.3) is 0 Å². The Morgan fingerprint density at radius 2 is 1.88 bits per heavy atom. The van der Waals surface area contributed by atoms with Crippen LogP contribution in [0.1, 0.15) is 38.5 Å². The maximum Gasteiger partial charge on any atom is 0.220 e. The first kappa shape index (κ1) is 11.5. The summed E-state index contributed by atoms with van der Waals surface area (Å²) in [7, 11) is 2.08. The lowest BCUT2D eigenvalue weighted by molar-refractivity contribution is -0.123. The van der Waals surface area contributed by atoms with E-state index in [4.69, 9.17) is 0 Å². The molecule has 0 aromatic carbocycles. The van der Waals surface area contributed by atoms with Crippen LogP contribution >= 0.6 is 0 Å². The van der Waals surface area contributed by atoms with Crippen molar-refractivity contribution < 1.29 is 4.79 Å². The maximum atomic E-state index is 11.2. The third-order valence-electron chi connectivity index (χ3n) is 4.86. The van der Waals surface area contributed by atoms with Crippen LogP contribution in [0.4, 0.5) is 0 Å². The largest absolute Gasteiger partial charge is 0.355 e. The summed E-state index contributed by atoms with van der Waals surface area (Å²) in [5.74, 6) is 0.235. The highest BCUT2D eigenvalue weighted by molar-refractivity contribution is 5.76. The van der Waals surface area contributed by atoms with Crippen LogP contribution < -0.4 is 10.6 Å². The number of hydrogen-bond donors (Lipinski definition) is 2. The number of nitrogens with zero attached hydrogens (tertiary/aromatic N) is 1. The first-order chi connectivity index (χ1) is 8.28. The van der Waals surface area contributed by atoms with Crippen LogP contribution in [0.15, 0.2) is 0 Å². The molecular weight excluding hydrogens is 214 g/mol. The van der Waals surface area contributed by atoms with Crippen LogP contribution in [0.2, 0.25) is 0 Å². The second-order valence-electron chi connectivity index (χ2n) is 5.79. The number of fused-ring (bicyclic) bond motifs is 2. The van der Waals surface area contributed by atoms with E-state index >= 15 is 0 Å². The predicted molar refractivity (Wildman–Crippen MR) is 66.8 cm³/mol. The third-order valence-corrected chi connectivity index (χ3v) is 4.86. The quantitative estimate of drug-likeness (QED) is 0.734. The highest BCUT2D eigenvalue weighted by Crippen LogP contribution is 2.38. The zero-order chi connectivity index (χ0) is 11.8. The Kier molecular flexibility index (Phi) is 3.09. The minimum absolute atomic E-state index is 0.235. The van der Waals surface area contributed by atoms with E-state index in [1.54, 1.807) is 0 Å². The van der Waals surface area contributed by atoms with E-state index in [2.05, 4.69) is 22.6 Å². The first-order valence-electron chi connectivity index (χ1n) is 6.99. The van der Waals surface area contributed by atoms with Gasteiger partial charge in [0.25, 0.3) is 0 Å². The average Bonchev–Trinajstić information content (AvgIpc) is 2.61. The van der Waals surface area contributed by atoms with Crippen LogP contribution in [0.5, 0.6) is 0 Å².